The van der Waals surface area contributed by atoms with Gasteiger partial charge in [-0.1, -0.05) is 6.92 Å². The van der Waals surface area contributed by atoms with E-state index in [1.54, 1.807) is 6.92 Å². The van der Waals surface area contributed by atoms with E-state index in [1.165, 1.54) is 7.05 Å². The highest BCUT2D eigenvalue weighted by atomic mass is 35.5. The van der Waals surface area contributed by atoms with Gasteiger partial charge in [-0.15, -0.1) is 12.4 Å². The Labute approximate surface area is 114 Å². The summed E-state index contributed by atoms with van der Waals surface area (Å²) in [5, 5.41) is 4.65. The smallest absolute Gasteiger partial charge is 0.321 e. The van der Waals surface area contributed by atoms with Crippen molar-refractivity contribution in [2.45, 2.75) is 26.3 Å². The molecule has 0 saturated carbocycles. The molecule has 1 fully saturated rings. The van der Waals surface area contributed by atoms with Crippen LogP contribution in [0, 0.1) is 5.41 Å². The van der Waals surface area contributed by atoms with Gasteiger partial charge in [0.2, 0.25) is 5.91 Å². The molecule has 106 valence electrons. The van der Waals surface area contributed by atoms with E-state index in [4.69, 9.17) is 5.73 Å². The lowest BCUT2D eigenvalue weighted by atomic mass is 9.90. The monoisotopic (exact) mass is 278 g/mol. The van der Waals surface area contributed by atoms with Crippen LogP contribution in [-0.2, 0) is 4.79 Å². The number of carbonyl (C=O) groups is 2. The van der Waals surface area contributed by atoms with Crippen molar-refractivity contribution in [3.05, 3.63) is 0 Å². The molecular formula is C11H23ClN4O2. The first kappa shape index (κ1) is 17.2. The van der Waals surface area contributed by atoms with E-state index in [0.29, 0.717) is 6.54 Å². The summed E-state index contributed by atoms with van der Waals surface area (Å²) in [6, 6.07) is -0.775. The van der Waals surface area contributed by atoms with Gasteiger partial charge in [0.1, 0.15) is 0 Å². The number of nitrogens with two attached hydrogens (primary N) is 1. The van der Waals surface area contributed by atoms with Crippen molar-refractivity contribution in [1.29, 1.82) is 0 Å². The number of hydrogen-bond donors (Lipinski definition) is 3. The van der Waals surface area contributed by atoms with E-state index in [0.717, 1.165) is 19.5 Å². The maximum absolute atomic E-state index is 11.8. The molecular weight excluding hydrogens is 256 g/mol. The Morgan fingerprint density at radius 1 is 1.50 bits per heavy atom. The molecule has 3 amide bonds. The first-order chi connectivity index (χ1) is 7.91. The predicted octanol–water partition coefficient (Wildman–Crippen LogP) is -0.0770. The molecule has 1 aliphatic heterocycles. The van der Waals surface area contributed by atoms with Crippen molar-refractivity contribution in [2.75, 3.05) is 26.7 Å². The van der Waals surface area contributed by atoms with Gasteiger partial charge in [0.15, 0.2) is 0 Å². The fourth-order valence-electron chi connectivity index (χ4n) is 2.00. The van der Waals surface area contributed by atoms with Crippen LogP contribution in [0.3, 0.4) is 0 Å². The van der Waals surface area contributed by atoms with Crippen molar-refractivity contribution in [1.82, 2.24) is 15.5 Å². The third kappa shape index (κ3) is 4.12. The van der Waals surface area contributed by atoms with Crippen LogP contribution in [0.4, 0.5) is 4.79 Å². The summed E-state index contributed by atoms with van der Waals surface area (Å²) in [5.41, 5.74) is 5.80. The van der Waals surface area contributed by atoms with Gasteiger partial charge in [0.05, 0.1) is 6.04 Å². The fourth-order valence-corrected chi connectivity index (χ4v) is 2.00. The molecule has 0 aromatic carbocycles. The zero-order chi connectivity index (χ0) is 13.1. The van der Waals surface area contributed by atoms with Gasteiger partial charge >= 0.3 is 6.03 Å². The molecule has 4 N–H and O–H groups in total. The van der Waals surface area contributed by atoms with Crippen LogP contribution in [-0.4, -0.2) is 49.6 Å². The molecule has 0 bridgehead atoms. The highest BCUT2D eigenvalue weighted by molar-refractivity contribution is 5.96. The maximum atomic E-state index is 11.8. The van der Waals surface area contributed by atoms with Crippen molar-refractivity contribution < 1.29 is 9.59 Å². The molecule has 1 saturated heterocycles. The summed E-state index contributed by atoms with van der Waals surface area (Å²) in [6.45, 7) is 6.19. The fraction of sp³-hybridized carbons (Fsp3) is 0.818. The van der Waals surface area contributed by atoms with Crippen LogP contribution >= 0.6 is 12.4 Å². The summed E-state index contributed by atoms with van der Waals surface area (Å²) >= 11 is 0. The van der Waals surface area contributed by atoms with Crippen molar-refractivity contribution in [2.24, 2.45) is 11.1 Å². The average Bonchev–Trinajstić information content (AvgIpc) is 2.71. The quantitative estimate of drug-likeness (QED) is 0.674. The highest BCUT2D eigenvalue weighted by Gasteiger charge is 2.36. The second-order valence-corrected chi connectivity index (χ2v) is 4.98. The third-order valence-corrected chi connectivity index (χ3v) is 3.47. The van der Waals surface area contributed by atoms with Crippen LogP contribution in [0.15, 0.2) is 0 Å². The van der Waals surface area contributed by atoms with Gasteiger partial charge in [-0.25, -0.2) is 4.79 Å². The number of urea groups is 1. The van der Waals surface area contributed by atoms with Gasteiger partial charge in [-0.3, -0.25) is 15.0 Å². The Bertz CT molecular complexity index is 313. The van der Waals surface area contributed by atoms with Crippen molar-refractivity contribution in [3.63, 3.8) is 0 Å². The first-order valence-corrected chi connectivity index (χ1v) is 5.88. The Hall–Kier alpha value is -0.850. The van der Waals surface area contributed by atoms with Crippen LogP contribution in [0.5, 0.6) is 0 Å². The number of nitrogens with one attached hydrogen (secondary N) is 2. The Morgan fingerprint density at radius 3 is 2.56 bits per heavy atom. The number of likely N-dealkylation sites (tertiary alicyclic amines) is 1. The SMILES string of the molecule is CNC(=O)NC(=O)C(C)N1CCC(C)(CN)C1.Cl. The van der Waals surface area contributed by atoms with E-state index < -0.39 is 6.03 Å². The molecule has 0 aliphatic carbocycles. The predicted molar refractivity (Wildman–Crippen MR) is 72.7 cm³/mol. The average molecular weight is 279 g/mol. The standard InChI is InChI=1S/C11H22N4O2.ClH/c1-8(9(16)14-10(17)13-3)15-5-4-11(2,6-12)7-15;/h8H,4-7,12H2,1-3H3,(H2,13,14,16,17);1H. The van der Waals surface area contributed by atoms with Crippen LogP contribution in [0.2, 0.25) is 0 Å². The van der Waals surface area contributed by atoms with E-state index >= 15 is 0 Å². The summed E-state index contributed by atoms with van der Waals surface area (Å²) in [5.74, 6) is -0.273. The molecule has 0 spiro atoms. The Kier molecular flexibility index (Phi) is 6.59. The number of halogens is 1. The molecule has 0 aromatic heterocycles. The molecule has 2 unspecified atom stereocenters. The minimum Gasteiger partial charge on any atom is -0.341 e. The van der Waals surface area contributed by atoms with Gasteiger partial charge in [-0.2, -0.15) is 0 Å². The summed E-state index contributed by atoms with van der Waals surface area (Å²) < 4.78 is 0. The topological polar surface area (TPSA) is 87.5 Å². The summed E-state index contributed by atoms with van der Waals surface area (Å²) in [4.78, 5) is 24.9. The van der Waals surface area contributed by atoms with E-state index in [1.807, 2.05) is 0 Å². The van der Waals surface area contributed by atoms with Gasteiger partial charge < -0.3 is 11.1 Å². The molecule has 1 aliphatic rings. The molecule has 2 atom stereocenters. The maximum Gasteiger partial charge on any atom is 0.321 e. The van der Waals surface area contributed by atoms with Crippen LogP contribution in [0.25, 0.3) is 0 Å². The molecule has 6 nitrogen and oxygen atoms in total. The lowest BCUT2D eigenvalue weighted by Crippen LogP contribution is -2.49. The minimum absolute atomic E-state index is 0. The molecule has 0 radical (unpaired) electrons. The molecule has 1 heterocycles. The first-order valence-electron chi connectivity index (χ1n) is 5.88. The lowest BCUT2D eigenvalue weighted by Gasteiger charge is -2.26. The lowest BCUT2D eigenvalue weighted by molar-refractivity contribution is -0.124. The van der Waals surface area contributed by atoms with E-state index in [9.17, 15) is 9.59 Å². The van der Waals surface area contributed by atoms with E-state index in [-0.39, 0.29) is 29.8 Å². The second kappa shape index (κ2) is 6.92. The minimum atomic E-state index is -0.470. The van der Waals surface area contributed by atoms with Gasteiger partial charge in [0, 0.05) is 13.6 Å². The zero-order valence-electron chi connectivity index (χ0n) is 11.2. The van der Waals surface area contributed by atoms with Crippen molar-refractivity contribution >= 4 is 24.3 Å². The van der Waals surface area contributed by atoms with Crippen molar-refractivity contribution in [3.8, 4) is 0 Å². The largest absolute Gasteiger partial charge is 0.341 e. The molecule has 1 rings (SSSR count). The summed E-state index contributed by atoms with van der Waals surface area (Å²) in [7, 11) is 1.48. The van der Waals surface area contributed by atoms with E-state index in [2.05, 4.69) is 22.5 Å². The highest BCUT2D eigenvalue weighted by Crippen LogP contribution is 2.29. The molecule has 0 aromatic rings. The van der Waals surface area contributed by atoms with Crippen LogP contribution in [0.1, 0.15) is 20.3 Å². The van der Waals surface area contributed by atoms with Gasteiger partial charge in [0.25, 0.3) is 0 Å². The number of hydrogen-bond acceptors (Lipinski definition) is 4. The van der Waals surface area contributed by atoms with Crippen LogP contribution < -0.4 is 16.4 Å². The summed E-state index contributed by atoms with van der Waals surface area (Å²) in [6.07, 6.45) is 0.987. The molecule has 7 heteroatoms. The number of nitrogens with zero attached hydrogens (tertiary/aromatic N) is 1. The third-order valence-electron chi connectivity index (χ3n) is 3.47. The Morgan fingerprint density at radius 2 is 2.11 bits per heavy atom. The second-order valence-electron chi connectivity index (χ2n) is 4.98. The normalized spacial score (nSPS) is 25.1. The zero-order valence-corrected chi connectivity index (χ0v) is 12.0. The number of carbonyl (C=O) groups excluding carboxylic acids is 2. The number of amides is 3. The number of imide groups is 1. The molecule has 18 heavy (non-hydrogen) atoms. The number of rotatable bonds is 3. The Balaban J connectivity index is 0.00000289. The van der Waals surface area contributed by atoms with Gasteiger partial charge in [-0.05, 0) is 31.8 Å².